The van der Waals surface area contributed by atoms with Crippen molar-refractivity contribution in [2.24, 2.45) is 5.92 Å². The van der Waals surface area contributed by atoms with E-state index < -0.39 is 16.4 Å². The van der Waals surface area contributed by atoms with E-state index in [1.54, 1.807) is 4.90 Å². The lowest BCUT2D eigenvalue weighted by atomic mass is 10.1. The lowest BCUT2D eigenvalue weighted by Crippen LogP contribution is -2.30. The summed E-state index contributed by atoms with van der Waals surface area (Å²) in [6.07, 6.45) is 0.936. The van der Waals surface area contributed by atoms with Gasteiger partial charge in [0.1, 0.15) is 0 Å². The lowest BCUT2D eigenvalue weighted by molar-refractivity contribution is -0.385. The smallest absolute Gasteiger partial charge is 0.310 e. The molecule has 1 fully saturated rings. The van der Waals surface area contributed by atoms with Crippen LogP contribution >= 0.6 is 0 Å². The molecule has 1 unspecified atom stereocenters. The van der Waals surface area contributed by atoms with E-state index in [1.807, 2.05) is 7.05 Å². The summed E-state index contributed by atoms with van der Waals surface area (Å²) in [5, 5.41) is 23.3. The van der Waals surface area contributed by atoms with Gasteiger partial charge in [-0.3, -0.25) is 14.9 Å². The molecule has 1 saturated heterocycles. The maximum Gasteiger partial charge on any atom is 0.310 e. The van der Waals surface area contributed by atoms with Crippen LogP contribution in [0.3, 0.4) is 0 Å². The molecule has 1 atom stereocenters. The molecule has 0 aromatic heterocycles. The average Bonchev–Trinajstić information content (AvgIpc) is 2.86. The van der Waals surface area contributed by atoms with Gasteiger partial charge in [0.15, 0.2) is 5.75 Å². The number of aromatic hydroxyl groups is 1. The largest absolute Gasteiger partial charge is 0.502 e. The molecule has 1 heterocycles. The molecular weight excluding hydrogens is 262 g/mol. The molecule has 1 aromatic rings. The van der Waals surface area contributed by atoms with Gasteiger partial charge in [0, 0.05) is 24.7 Å². The number of phenolic OH excluding ortho intramolecular Hbond substituents is 1. The highest BCUT2D eigenvalue weighted by Gasteiger charge is 2.27. The minimum atomic E-state index is -0.678. The second-order valence-electron chi connectivity index (χ2n) is 4.92. The third kappa shape index (κ3) is 2.88. The third-order valence-corrected chi connectivity index (χ3v) is 3.48. The standard InChI is InChI=1S/C13H17N3O4/c1-14-7-9-4-5-15(8-9)13(18)10-2-3-11(16(19)20)12(17)6-10/h2-3,6,9,14,17H,4-5,7-8H2,1H3. The fraction of sp³-hybridized carbons (Fsp3) is 0.462. The summed E-state index contributed by atoms with van der Waals surface area (Å²) in [5.41, 5.74) is -0.116. The Labute approximate surface area is 116 Å². The van der Waals surface area contributed by atoms with Gasteiger partial charge in [0.05, 0.1) is 4.92 Å². The molecule has 108 valence electrons. The minimum Gasteiger partial charge on any atom is -0.502 e. The molecule has 20 heavy (non-hydrogen) atoms. The van der Waals surface area contributed by atoms with Crippen LogP contribution in [0.25, 0.3) is 0 Å². The number of likely N-dealkylation sites (tertiary alicyclic amines) is 1. The van der Waals surface area contributed by atoms with Crippen LogP contribution in [0.1, 0.15) is 16.8 Å². The first kappa shape index (κ1) is 14.3. The third-order valence-electron chi connectivity index (χ3n) is 3.48. The van der Waals surface area contributed by atoms with Crippen molar-refractivity contribution in [2.75, 3.05) is 26.7 Å². The van der Waals surface area contributed by atoms with Crippen LogP contribution < -0.4 is 5.32 Å². The molecule has 1 aromatic carbocycles. The van der Waals surface area contributed by atoms with Crippen LogP contribution in [-0.4, -0.2) is 47.5 Å². The van der Waals surface area contributed by atoms with Crippen LogP contribution in [0.4, 0.5) is 5.69 Å². The molecule has 7 heteroatoms. The number of nitro groups is 1. The van der Waals surface area contributed by atoms with Crippen molar-refractivity contribution in [3.05, 3.63) is 33.9 Å². The monoisotopic (exact) mass is 279 g/mol. The van der Waals surface area contributed by atoms with Gasteiger partial charge in [-0.25, -0.2) is 0 Å². The fourth-order valence-corrected chi connectivity index (χ4v) is 2.47. The Morgan fingerprint density at radius 2 is 2.35 bits per heavy atom. The summed E-state index contributed by atoms with van der Waals surface area (Å²) in [6, 6.07) is 3.70. The summed E-state index contributed by atoms with van der Waals surface area (Å²) in [5.74, 6) is -0.254. The van der Waals surface area contributed by atoms with Gasteiger partial charge >= 0.3 is 5.69 Å². The molecule has 1 amide bonds. The Kier molecular flexibility index (Phi) is 4.19. The molecule has 0 aliphatic carbocycles. The highest BCUT2D eigenvalue weighted by atomic mass is 16.6. The molecular formula is C13H17N3O4. The first-order valence-corrected chi connectivity index (χ1v) is 6.44. The van der Waals surface area contributed by atoms with Crippen LogP contribution in [0.2, 0.25) is 0 Å². The number of nitrogens with zero attached hydrogens (tertiary/aromatic N) is 2. The van der Waals surface area contributed by atoms with Gasteiger partial charge in [-0.1, -0.05) is 0 Å². The molecule has 0 spiro atoms. The fourth-order valence-electron chi connectivity index (χ4n) is 2.47. The molecule has 0 bridgehead atoms. The van der Waals surface area contributed by atoms with E-state index in [0.29, 0.717) is 19.0 Å². The number of phenols is 1. The van der Waals surface area contributed by atoms with Crippen molar-refractivity contribution in [1.82, 2.24) is 10.2 Å². The van der Waals surface area contributed by atoms with Crippen molar-refractivity contribution in [3.8, 4) is 5.75 Å². The maximum absolute atomic E-state index is 12.3. The SMILES string of the molecule is CNCC1CCN(C(=O)c2ccc([N+](=O)[O-])c(O)c2)C1. The zero-order valence-corrected chi connectivity index (χ0v) is 11.2. The van der Waals surface area contributed by atoms with Gasteiger partial charge in [-0.05, 0) is 38.1 Å². The Balaban J connectivity index is 2.10. The van der Waals surface area contributed by atoms with Gasteiger partial charge in [-0.2, -0.15) is 0 Å². The molecule has 7 nitrogen and oxygen atoms in total. The highest BCUT2D eigenvalue weighted by molar-refractivity contribution is 5.95. The number of amides is 1. The number of nitrogens with one attached hydrogen (secondary N) is 1. The lowest BCUT2D eigenvalue weighted by Gasteiger charge is -2.16. The van der Waals surface area contributed by atoms with Crippen molar-refractivity contribution in [2.45, 2.75) is 6.42 Å². The summed E-state index contributed by atoms with van der Waals surface area (Å²) < 4.78 is 0. The Morgan fingerprint density at radius 1 is 1.60 bits per heavy atom. The maximum atomic E-state index is 12.3. The van der Waals surface area contributed by atoms with Crippen LogP contribution in [0.5, 0.6) is 5.75 Å². The van der Waals surface area contributed by atoms with Crippen molar-refractivity contribution in [3.63, 3.8) is 0 Å². The van der Waals surface area contributed by atoms with Crippen molar-refractivity contribution in [1.29, 1.82) is 0 Å². The Hall–Kier alpha value is -2.15. The van der Waals surface area contributed by atoms with Gasteiger partial charge in [0.25, 0.3) is 5.91 Å². The van der Waals surface area contributed by atoms with Gasteiger partial charge in [0.2, 0.25) is 0 Å². The summed E-state index contributed by atoms with van der Waals surface area (Å²) in [6.45, 7) is 2.19. The summed E-state index contributed by atoms with van der Waals surface area (Å²) in [4.78, 5) is 23.9. The van der Waals surface area contributed by atoms with E-state index in [4.69, 9.17) is 0 Å². The van der Waals surface area contributed by atoms with Gasteiger partial charge < -0.3 is 15.3 Å². The van der Waals surface area contributed by atoms with Crippen molar-refractivity contribution < 1.29 is 14.8 Å². The molecule has 2 N–H and O–H groups in total. The first-order valence-electron chi connectivity index (χ1n) is 6.44. The quantitative estimate of drug-likeness (QED) is 0.632. The first-order chi connectivity index (χ1) is 9.52. The van der Waals surface area contributed by atoms with E-state index in [-0.39, 0.29) is 11.5 Å². The van der Waals surface area contributed by atoms with E-state index in [2.05, 4.69) is 5.32 Å². The molecule has 0 radical (unpaired) electrons. The molecule has 0 saturated carbocycles. The summed E-state index contributed by atoms with van der Waals surface area (Å²) in [7, 11) is 1.87. The normalized spacial score (nSPS) is 18.2. The van der Waals surface area contributed by atoms with E-state index in [0.717, 1.165) is 25.1 Å². The van der Waals surface area contributed by atoms with E-state index in [9.17, 15) is 20.0 Å². The number of nitro benzene ring substituents is 1. The van der Waals surface area contributed by atoms with E-state index >= 15 is 0 Å². The second-order valence-corrected chi connectivity index (χ2v) is 4.92. The molecule has 2 rings (SSSR count). The Morgan fingerprint density at radius 3 is 2.95 bits per heavy atom. The number of hydrogen-bond donors (Lipinski definition) is 2. The molecule has 1 aliphatic rings. The number of carbonyl (C=O) groups is 1. The topological polar surface area (TPSA) is 95.7 Å². The minimum absolute atomic E-state index is 0.200. The van der Waals surface area contributed by atoms with Crippen LogP contribution in [0.15, 0.2) is 18.2 Å². The second kappa shape index (κ2) is 5.87. The average molecular weight is 279 g/mol. The van der Waals surface area contributed by atoms with Crippen LogP contribution in [-0.2, 0) is 0 Å². The predicted molar refractivity (Wildman–Crippen MR) is 72.7 cm³/mol. The zero-order valence-electron chi connectivity index (χ0n) is 11.2. The summed E-state index contributed by atoms with van der Waals surface area (Å²) >= 11 is 0. The van der Waals surface area contributed by atoms with Crippen molar-refractivity contribution >= 4 is 11.6 Å². The molecule has 1 aliphatic heterocycles. The number of benzene rings is 1. The van der Waals surface area contributed by atoms with E-state index in [1.165, 1.54) is 6.07 Å². The number of carbonyl (C=O) groups excluding carboxylic acids is 1. The zero-order chi connectivity index (χ0) is 14.7. The van der Waals surface area contributed by atoms with Crippen LogP contribution in [0, 0.1) is 16.0 Å². The van der Waals surface area contributed by atoms with Gasteiger partial charge in [-0.15, -0.1) is 0 Å². The number of hydrogen-bond acceptors (Lipinski definition) is 5. The number of rotatable bonds is 4. The predicted octanol–water partition coefficient (Wildman–Crippen LogP) is 0.982. The Bertz CT molecular complexity index is 532. The highest BCUT2D eigenvalue weighted by Crippen LogP contribution is 2.27.